The normalized spacial score (nSPS) is 15.2. The van der Waals surface area contributed by atoms with Crippen LogP contribution in [0.25, 0.3) is 0 Å². The van der Waals surface area contributed by atoms with Gasteiger partial charge in [0.2, 0.25) is 0 Å². The molecule has 1 heterocycles. The third kappa shape index (κ3) is 4.75. The number of carbonyl (C=O) groups excluding carboxylic acids is 2. The van der Waals surface area contributed by atoms with Gasteiger partial charge in [-0.2, -0.15) is 10.0 Å². The van der Waals surface area contributed by atoms with E-state index < -0.39 is 0 Å². The van der Waals surface area contributed by atoms with Crippen molar-refractivity contribution < 1.29 is 14.5 Å². The fourth-order valence-corrected chi connectivity index (χ4v) is 1.37. The van der Waals surface area contributed by atoms with Crippen LogP contribution < -0.4 is 0 Å². The first-order valence-corrected chi connectivity index (χ1v) is 5.98. The highest BCUT2D eigenvalue weighted by atomic mass is 16.8. The second-order valence-electron chi connectivity index (χ2n) is 3.82. The summed E-state index contributed by atoms with van der Waals surface area (Å²) in [5, 5.41) is 2.27. The van der Waals surface area contributed by atoms with Crippen LogP contribution in [-0.2, 0) is 14.5 Å². The molecule has 1 aliphatic heterocycles. The number of imide groups is 1. The number of hydrogen-bond acceptors (Lipinski definition) is 6. The minimum absolute atomic E-state index is 0.227. The fraction of sp³-hybridized carbons (Fsp3) is 0.727. The minimum Gasteiger partial charge on any atom is -0.272 e. The Hall–Kier alpha value is -1.56. The Morgan fingerprint density at radius 2 is 2.00 bits per heavy atom. The molecule has 0 radical (unpaired) electrons. The van der Waals surface area contributed by atoms with Crippen molar-refractivity contribution in [2.45, 2.75) is 26.2 Å². The Balaban J connectivity index is 2.21. The SMILES string of the molecule is CCN=C=NCCCN(C)ON1C(=O)CCC1=O. The first-order chi connectivity index (χ1) is 8.65. The zero-order chi connectivity index (χ0) is 13.4. The third-order valence-corrected chi connectivity index (χ3v) is 2.27. The summed E-state index contributed by atoms with van der Waals surface area (Å²) in [5.74, 6) is -0.583. The summed E-state index contributed by atoms with van der Waals surface area (Å²) >= 11 is 0. The van der Waals surface area contributed by atoms with E-state index >= 15 is 0 Å². The summed E-state index contributed by atoms with van der Waals surface area (Å²) < 4.78 is 0. The highest BCUT2D eigenvalue weighted by Gasteiger charge is 2.31. The summed E-state index contributed by atoms with van der Waals surface area (Å²) in [6, 6.07) is 2.57. The van der Waals surface area contributed by atoms with Gasteiger partial charge in [0.25, 0.3) is 11.8 Å². The summed E-state index contributed by atoms with van der Waals surface area (Å²) in [5.41, 5.74) is 0. The molecule has 0 spiro atoms. The molecule has 1 aliphatic rings. The van der Waals surface area contributed by atoms with E-state index in [9.17, 15) is 9.59 Å². The maximum Gasteiger partial charge on any atom is 0.255 e. The molecule has 1 rings (SSSR count). The van der Waals surface area contributed by atoms with Crippen LogP contribution in [0, 0.1) is 0 Å². The van der Waals surface area contributed by atoms with Crippen molar-refractivity contribution in [1.29, 1.82) is 0 Å². The van der Waals surface area contributed by atoms with Gasteiger partial charge >= 0.3 is 0 Å². The van der Waals surface area contributed by atoms with Crippen LogP contribution >= 0.6 is 0 Å². The van der Waals surface area contributed by atoms with Crippen molar-refractivity contribution in [3.63, 3.8) is 0 Å². The van der Waals surface area contributed by atoms with E-state index in [2.05, 4.69) is 16.0 Å². The topological polar surface area (TPSA) is 74.6 Å². The molecule has 0 aliphatic carbocycles. The molecule has 0 saturated carbocycles. The number of nitrogens with zero attached hydrogens (tertiary/aromatic N) is 4. The van der Waals surface area contributed by atoms with Gasteiger partial charge in [-0.15, -0.1) is 5.06 Å². The average molecular weight is 254 g/mol. The van der Waals surface area contributed by atoms with Gasteiger partial charge in [-0.25, -0.2) is 9.98 Å². The highest BCUT2D eigenvalue weighted by molar-refractivity contribution is 6.00. The average Bonchev–Trinajstić information content (AvgIpc) is 2.65. The lowest BCUT2D eigenvalue weighted by molar-refractivity contribution is -0.284. The molecular weight excluding hydrogens is 236 g/mol. The Morgan fingerprint density at radius 3 is 2.61 bits per heavy atom. The zero-order valence-corrected chi connectivity index (χ0v) is 10.8. The largest absolute Gasteiger partial charge is 0.272 e. The van der Waals surface area contributed by atoms with E-state index in [1.807, 2.05) is 6.92 Å². The summed E-state index contributed by atoms with van der Waals surface area (Å²) in [7, 11) is 1.67. The van der Waals surface area contributed by atoms with Gasteiger partial charge in [-0.1, -0.05) is 0 Å². The molecule has 18 heavy (non-hydrogen) atoms. The second-order valence-corrected chi connectivity index (χ2v) is 3.82. The molecule has 0 N–H and O–H groups in total. The van der Waals surface area contributed by atoms with Crippen molar-refractivity contribution >= 4 is 17.8 Å². The van der Waals surface area contributed by atoms with Gasteiger partial charge < -0.3 is 0 Å². The molecular formula is C11H18N4O3. The van der Waals surface area contributed by atoms with Crippen LogP contribution in [0.2, 0.25) is 0 Å². The lowest BCUT2D eigenvalue weighted by atomic mass is 10.4. The van der Waals surface area contributed by atoms with Crippen LogP contribution in [0.5, 0.6) is 0 Å². The predicted molar refractivity (Wildman–Crippen MR) is 64.7 cm³/mol. The van der Waals surface area contributed by atoms with Gasteiger partial charge in [0, 0.05) is 33.0 Å². The van der Waals surface area contributed by atoms with Gasteiger partial charge in [-0.05, 0) is 13.3 Å². The van der Waals surface area contributed by atoms with Crippen molar-refractivity contribution in [3.05, 3.63) is 0 Å². The zero-order valence-electron chi connectivity index (χ0n) is 10.8. The number of hydroxylamine groups is 4. The third-order valence-electron chi connectivity index (χ3n) is 2.27. The number of aliphatic imine (C=N–C) groups is 2. The van der Waals surface area contributed by atoms with Crippen LogP contribution in [-0.4, -0.2) is 54.6 Å². The van der Waals surface area contributed by atoms with Gasteiger partial charge in [0.15, 0.2) is 0 Å². The second kappa shape index (κ2) is 7.71. The number of carbonyl (C=O) groups is 2. The molecule has 0 bridgehead atoms. The first kappa shape index (κ1) is 14.5. The smallest absolute Gasteiger partial charge is 0.255 e. The van der Waals surface area contributed by atoms with Crippen LogP contribution in [0.1, 0.15) is 26.2 Å². The van der Waals surface area contributed by atoms with Crippen molar-refractivity contribution in [3.8, 4) is 0 Å². The maximum atomic E-state index is 11.3. The van der Waals surface area contributed by atoms with Crippen molar-refractivity contribution in [1.82, 2.24) is 10.1 Å². The molecule has 0 aromatic rings. The monoisotopic (exact) mass is 254 g/mol. The predicted octanol–water partition coefficient (Wildman–Crippen LogP) is 0.498. The van der Waals surface area contributed by atoms with Crippen LogP contribution in [0.4, 0.5) is 0 Å². The van der Waals surface area contributed by atoms with Crippen molar-refractivity contribution in [2.75, 3.05) is 26.7 Å². The molecule has 100 valence electrons. The standard InChI is InChI=1S/C11H18N4O3/c1-3-12-9-13-7-4-8-14(2)18-15-10(16)5-6-11(15)17/h3-8H2,1-2H3. The molecule has 7 heteroatoms. The van der Waals surface area contributed by atoms with E-state index in [0.29, 0.717) is 19.6 Å². The Morgan fingerprint density at radius 1 is 1.33 bits per heavy atom. The van der Waals surface area contributed by atoms with E-state index in [0.717, 1.165) is 11.5 Å². The van der Waals surface area contributed by atoms with Crippen LogP contribution in [0.3, 0.4) is 0 Å². The molecule has 0 unspecified atom stereocenters. The Bertz CT molecular complexity index is 347. The molecule has 1 saturated heterocycles. The van der Waals surface area contributed by atoms with E-state index in [1.165, 1.54) is 5.06 Å². The van der Waals surface area contributed by atoms with E-state index in [-0.39, 0.29) is 24.7 Å². The lowest BCUT2D eigenvalue weighted by Crippen LogP contribution is -2.37. The molecule has 2 amide bonds. The van der Waals surface area contributed by atoms with Crippen molar-refractivity contribution in [2.24, 2.45) is 9.98 Å². The number of amides is 2. The van der Waals surface area contributed by atoms with E-state index in [4.69, 9.17) is 4.94 Å². The molecule has 7 nitrogen and oxygen atoms in total. The Labute approximate surface area is 106 Å². The summed E-state index contributed by atoms with van der Waals surface area (Å²) in [4.78, 5) is 35.5. The minimum atomic E-state index is -0.292. The highest BCUT2D eigenvalue weighted by Crippen LogP contribution is 2.12. The number of hydrogen-bond donors (Lipinski definition) is 0. The molecule has 0 aromatic heterocycles. The van der Waals surface area contributed by atoms with E-state index in [1.54, 1.807) is 7.05 Å². The summed E-state index contributed by atoms with van der Waals surface area (Å²) in [6.45, 7) is 3.73. The quantitative estimate of drug-likeness (QED) is 0.287. The van der Waals surface area contributed by atoms with Gasteiger partial charge in [-0.3, -0.25) is 9.59 Å². The molecule has 1 fully saturated rings. The first-order valence-electron chi connectivity index (χ1n) is 5.98. The lowest BCUT2D eigenvalue weighted by Gasteiger charge is -2.20. The van der Waals surface area contributed by atoms with Gasteiger partial charge in [0.1, 0.15) is 0 Å². The Kier molecular flexibility index (Phi) is 6.21. The maximum absolute atomic E-state index is 11.3. The molecule has 0 atom stereocenters. The number of rotatable bonds is 7. The van der Waals surface area contributed by atoms with Gasteiger partial charge in [0.05, 0.1) is 12.6 Å². The van der Waals surface area contributed by atoms with Crippen LogP contribution in [0.15, 0.2) is 9.98 Å². The molecule has 0 aromatic carbocycles. The summed E-state index contributed by atoms with van der Waals surface area (Å²) in [6.07, 6.45) is 1.19. The fourth-order valence-electron chi connectivity index (χ4n) is 1.37.